The summed E-state index contributed by atoms with van der Waals surface area (Å²) in [6, 6.07) is 13.9. The van der Waals surface area contributed by atoms with Gasteiger partial charge in [-0.05, 0) is 48.1 Å². The Hall–Kier alpha value is -2.86. The second kappa shape index (κ2) is 9.71. The first-order valence-electron chi connectivity index (χ1n) is 12.7. The average Bonchev–Trinajstić information content (AvgIpc) is 3.71. The number of nitrogens with zero attached hydrogens (tertiary/aromatic N) is 3. The van der Waals surface area contributed by atoms with Crippen LogP contribution in [0.3, 0.4) is 0 Å². The molecule has 2 fully saturated rings. The predicted molar refractivity (Wildman–Crippen MR) is 144 cm³/mol. The van der Waals surface area contributed by atoms with Crippen molar-refractivity contribution in [1.82, 2.24) is 18.9 Å². The Bertz CT molecular complexity index is 1570. The Kier molecular flexibility index (Phi) is 6.83. The molecule has 0 radical (unpaired) electrons. The van der Waals surface area contributed by atoms with Gasteiger partial charge in [0.05, 0.1) is 10.4 Å². The largest absolute Gasteiger partial charge is 0.352 e. The lowest BCUT2D eigenvalue weighted by Gasteiger charge is -2.39. The predicted octanol–water partition coefficient (Wildman–Crippen LogP) is 2.87. The zero-order valence-corrected chi connectivity index (χ0v) is 23.3. The van der Waals surface area contributed by atoms with Crippen molar-refractivity contribution in [2.75, 3.05) is 19.6 Å². The first-order valence-corrected chi connectivity index (χ1v) is 15.5. The Morgan fingerprint density at radius 3 is 2.26 bits per heavy atom. The molecule has 1 aliphatic heterocycles. The van der Waals surface area contributed by atoms with Gasteiger partial charge in [0.1, 0.15) is 10.9 Å². The van der Waals surface area contributed by atoms with Crippen molar-refractivity contribution in [3.05, 3.63) is 66.4 Å². The number of benzene rings is 2. The van der Waals surface area contributed by atoms with Gasteiger partial charge in [-0.2, -0.15) is 8.61 Å². The van der Waals surface area contributed by atoms with E-state index in [0.717, 1.165) is 22.7 Å². The van der Waals surface area contributed by atoms with Gasteiger partial charge in [-0.25, -0.2) is 16.8 Å². The molecule has 1 aromatic heterocycles. The normalized spacial score (nSPS) is 19.9. The molecule has 1 saturated heterocycles. The quantitative estimate of drug-likeness (QED) is 0.499. The SMILES string of the molecule is CC(C)(C)c1ccc(S(=O)(=O)N2CCN(S(=O)(=O)c3cccc4cccnc34)C(C(=O)NC3CC3)C2)cc1. The number of carbonyl (C=O) groups is 1. The van der Waals surface area contributed by atoms with Crippen molar-refractivity contribution in [3.63, 3.8) is 0 Å². The topological polar surface area (TPSA) is 117 Å². The summed E-state index contributed by atoms with van der Waals surface area (Å²) in [4.78, 5) is 17.7. The number of fused-ring (bicyclic) bond motifs is 1. The van der Waals surface area contributed by atoms with Gasteiger partial charge in [0.25, 0.3) is 0 Å². The van der Waals surface area contributed by atoms with Crippen molar-refractivity contribution in [1.29, 1.82) is 0 Å². The van der Waals surface area contributed by atoms with Gasteiger partial charge in [0.15, 0.2) is 0 Å². The smallest absolute Gasteiger partial charge is 0.246 e. The highest BCUT2D eigenvalue weighted by Gasteiger charge is 2.45. The molecule has 9 nitrogen and oxygen atoms in total. The number of piperazine rings is 1. The molecule has 38 heavy (non-hydrogen) atoms. The van der Waals surface area contributed by atoms with E-state index in [4.69, 9.17) is 0 Å². The number of pyridine rings is 1. The summed E-state index contributed by atoms with van der Waals surface area (Å²) >= 11 is 0. The van der Waals surface area contributed by atoms with Crippen molar-refractivity contribution >= 4 is 36.9 Å². The summed E-state index contributed by atoms with van der Waals surface area (Å²) < 4.78 is 57.3. The van der Waals surface area contributed by atoms with Crippen LogP contribution in [0.15, 0.2) is 70.6 Å². The zero-order valence-electron chi connectivity index (χ0n) is 21.7. The zero-order chi connectivity index (χ0) is 27.3. The first kappa shape index (κ1) is 26.7. The molecule has 1 saturated carbocycles. The van der Waals surface area contributed by atoms with E-state index in [0.29, 0.717) is 10.9 Å². The highest BCUT2D eigenvalue weighted by atomic mass is 32.2. The van der Waals surface area contributed by atoms with E-state index in [-0.39, 0.29) is 40.9 Å². The Morgan fingerprint density at radius 1 is 0.921 bits per heavy atom. The highest BCUT2D eigenvalue weighted by molar-refractivity contribution is 7.89. The van der Waals surface area contributed by atoms with E-state index in [1.54, 1.807) is 48.5 Å². The van der Waals surface area contributed by atoms with E-state index in [9.17, 15) is 21.6 Å². The summed E-state index contributed by atoms with van der Waals surface area (Å²) in [6.07, 6.45) is 3.16. The van der Waals surface area contributed by atoms with Crippen LogP contribution in [-0.4, -0.2) is 68.1 Å². The van der Waals surface area contributed by atoms with Crippen LogP contribution in [0.5, 0.6) is 0 Å². The molecule has 1 amide bonds. The van der Waals surface area contributed by atoms with E-state index in [1.807, 2.05) is 20.8 Å². The van der Waals surface area contributed by atoms with Crippen LogP contribution in [0.25, 0.3) is 10.9 Å². The lowest BCUT2D eigenvalue weighted by atomic mass is 9.87. The fourth-order valence-electron chi connectivity index (χ4n) is 4.67. The van der Waals surface area contributed by atoms with Gasteiger partial charge in [-0.15, -0.1) is 0 Å². The fraction of sp³-hybridized carbons (Fsp3) is 0.407. The van der Waals surface area contributed by atoms with Crippen molar-refractivity contribution in [2.45, 2.75) is 60.9 Å². The second-order valence-electron chi connectivity index (χ2n) is 10.9. The van der Waals surface area contributed by atoms with Gasteiger partial charge in [0.2, 0.25) is 26.0 Å². The van der Waals surface area contributed by atoms with Crippen LogP contribution in [0.2, 0.25) is 0 Å². The highest BCUT2D eigenvalue weighted by Crippen LogP contribution is 2.30. The van der Waals surface area contributed by atoms with Crippen molar-refractivity contribution in [3.8, 4) is 0 Å². The number of carbonyl (C=O) groups excluding carboxylic acids is 1. The minimum Gasteiger partial charge on any atom is -0.352 e. The van der Waals surface area contributed by atoms with Crippen LogP contribution >= 0.6 is 0 Å². The van der Waals surface area contributed by atoms with Crippen LogP contribution in [0.1, 0.15) is 39.2 Å². The molecule has 5 rings (SSSR count). The van der Waals surface area contributed by atoms with Gasteiger partial charge in [0, 0.05) is 37.3 Å². The molecule has 11 heteroatoms. The molecule has 1 unspecified atom stereocenters. The number of hydrogen-bond donors (Lipinski definition) is 1. The standard InChI is InChI=1S/C27H32N4O5S2/c1-27(2,3)20-9-13-22(14-10-20)37(33,34)30-16-17-31(23(18-30)26(32)29-21-11-12-21)38(35,36)24-8-4-6-19-7-5-15-28-25(19)24/h4-10,13-15,21,23H,11-12,16-18H2,1-3H3,(H,29,32). The molecule has 1 aliphatic carbocycles. The van der Waals surface area contributed by atoms with E-state index >= 15 is 0 Å². The number of nitrogens with one attached hydrogen (secondary N) is 1. The number of para-hydroxylation sites is 1. The van der Waals surface area contributed by atoms with Crippen molar-refractivity contribution in [2.24, 2.45) is 0 Å². The average molecular weight is 557 g/mol. The molecular weight excluding hydrogens is 524 g/mol. The van der Waals surface area contributed by atoms with Crippen LogP contribution in [-0.2, 0) is 30.3 Å². The number of rotatable bonds is 6. The molecule has 0 spiro atoms. The Morgan fingerprint density at radius 2 is 1.61 bits per heavy atom. The number of sulfonamides is 2. The monoisotopic (exact) mass is 556 g/mol. The van der Waals surface area contributed by atoms with Gasteiger partial charge in [-0.3, -0.25) is 9.78 Å². The minimum atomic E-state index is -4.17. The number of amides is 1. The van der Waals surface area contributed by atoms with Crippen LogP contribution < -0.4 is 5.32 Å². The molecular formula is C27H32N4O5S2. The van der Waals surface area contributed by atoms with Gasteiger partial charge >= 0.3 is 0 Å². The van der Waals surface area contributed by atoms with Gasteiger partial charge in [-0.1, -0.05) is 51.1 Å². The van der Waals surface area contributed by atoms with E-state index in [1.165, 1.54) is 16.6 Å². The van der Waals surface area contributed by atoms with Crippen LogP contribution in [0.4, 0.5) is 0 Å². The fourth-order valence-corrected chi connectivity index (χ4v) is 7.85. The molecule has 3 aromatic rings. The van der Waals surface area contributed by atoms with E-state index in [2.05, 4.69) is 10.3 Å². The lowest BCUT2D eigenvalue weighted by Crippen LogP contribution is -2.61. The summed E-state index contributed by atoms with van der Waals surface area (Å²) in [5.74, 6) is -0.493. The Labute approximate surface area is 224 Å². The molecule has 2 aliphatic rings. The minimum absolute atomic E-state index is 0.00565. The van der Waals surface area contributed by atoms with Crippen molar-refractivity contribution < 1.29 is 21.6 Å². The third-order valence-electron chi connectivity index (χ3n) is 7.06. The van der Waals surface area contributed by atoms with Gasteiger partial charge < -0.3 is 5.32 Å². The number of aromatic nitrogens is 1. The second-order valence-corrected chi connectivity index (χ2v) is 14.7. The van der Waals surface area contributed by atoms with E-state index < -0.39 is 32.0 Å². The molecule has 2 heterocycles. The summed E-state index contributed by atoms with van der Waals surface area (Å²) in [5.41, 5.74) is 1.17. The molecule has 202 valence electrons. The maximum Gasteiger partial charge on any atom is 0.246 e. The first-order chi connectivity index (χ1) is 17.9. The van der Waals surface area contributed by atoms with Crippen LogP contribution in [0, 0.1) is 0 Å². The maximum atomic E-state index is 13.9. The molecule has 0 bridgehead atoms. The third kappa shape index (κ3) is 5.07. The summed E-state index contributed by atoms with van der Waals surface area (Å²) in [7, 11) is -8.12. The molecule has 1 N–H and O–H groups in total. The molecule has 1 atom stereocenters. The number of hydrogen-bond acceptors (Lipinski definition) is 6. The summed E-state index contributed by atoms with van der Waals surface area (Å²) in [6.45, 7) is 5.63. The summed E-state index contributed by atoms with van der Waals surface area (Å²) in [5, 5.41) is 3.53. The molecule has 2 aromatic carbocycles. The lowest BCUT2D eigenvalue weighted by molar-refractivity contribution is -0.126. The Balaban J connectivity index is 1.48. The maximum absolute atomic E-state index is 13.9. The third-order valence-corrected chi connectivity index (χ3v) is 10.9.